The highest BCUT2D eigenvalue weighted by Crippen LogP contribution is 1.87. The minimum absolute atomic E-state index is 0.137. The van der Waals surface area contributed by atoms with Crippen molar-refractivity contribution in [3.05, 3.63) is 0 Å². The van der Waals surface area contributed by atoms with E-state index in [1.807, 2.05) is 20.8 Å². The largest absolute Gasteiger partial charge is 0.378 e. The third-order valence-corrected chi connectivity index (χ3v) is 2.38. The molecule has 0 radical (unpaired) electrons. The number of carbonyl (C=O) groups is 1. The fraction of sp³-hybridized carbons (Fsp3) is 0.929. The smallest absolute Gasteiger partial charge is 0.158 e. The molecule has 0 fully saturated rings. The number of ether oxygens (including phenoxy) is 2. The van der Waals surface area contributed by atoms with Crippen molar-refractivity contribution in [2.75, 3.05) is 33.0 Å². The van der Waals surface area contributed by atoms with Crippen LogP contribution in [0.4, 0.5) is 0 Å². The van der Waals surface area contributed by atoms with Gasteiger partial charge in [-0.15, -0.1) is 0 Å². The standard InChI is InChI=1S/C12H25NO3.C2H6/c1-4-11(3)13-6-7-15-8-9-16-10-12(14)5-2;1-2/h11,13H,4-10H2,1-3H3;1-2H3. The lowest BCUT2D eigenvalue weighted by Crippen LogP contribution is -2.29. The first-order valence-corrected chi connectivity index (χ1v) is 7.11. The molecule has 0 heterocycles. The summed E-state index contributed by atoms with van der Waals surface area (Å²) in [6.45, 7) is 13.0. The lowest BCUT2D eigenvalue weighted by molar-refractivity contribution is -0.123. The molecule has 0 saturated heterocycles. The lowest BCUT2D eigenvalue weighted by atomic mass is 10.3. The molecule has 0 aliphatic heterocycles. The summed E-state index contributed by atoms with van der Waals surface area (Å²) in [6.07, 6.45) is 1.67. The molecule has 0 rings (SSSR count). The molecule has 0 aliphatic rings. The normalized spacial score (nSPS) is 11.6. The molecule has 18 heavy (non-hydrogen) atoms. The third-order valence-electron chi connectivity index (χ3n) is 2.38. The van der Waals surface area contributed by atoms with Gasteiger partial charge < -0.3 is 14.8 Å². The minimum Gasteiger partial charge on any atom is -0.378 e. The van der Waals surface area contributed by atoms with Gasteiger partial charge in [-0.05, 0) is 13.3 Å². The van der Waals surface area contributed by atoms with Crippen LogP contribution in [-0.2, 0) is 14.3 Å². The Balaban J connectivity index is 0. The maximum Gasteiger partial charge on any atom is 0.158 e. The maximum absolute atomic E-state index is 10.9. The van der Waals surface area contributed by atoms with Crippen molar-refractivity contribution in [3.63, 3.8) is 0 Å². The van der Waals surface area contributed by atoms with E-state index in [-0.39, 0.29) is 12.4 Å². The van der Waals surface area contributed by atoms with Crippen LogP contribution in [0, 0.1) is 0 Å². The van der Waals surface area contributed by atoms with Gasteiger partial charge >= 0.3 is 0 Å². The van der Waals surface area contributed by atoms with E-state index < -0.39 is 0 Å². The topological polar surface area (TPSA) is 47.6 Å². The summed E-state index contributed by atoms with van der Waals surface area (Å²) in [5, 5.41) is 3.33. The molecule has 0 spiro atoms. The number of hydrogen-bond donors (Lipinski definition) is 1. The first-order valence-electron chi connectivity index (χ1n) is 7.11. The molecule has 0 aromatic carbocycles. The Bertz CT molecular complexity index is 174. The molecule has 110 valence electrons. The van der Waals surface area contributed by atoms with Crippen LogP contribution in [0.3, 0.4) is 0 Å². The monoisotopic (exact) mass is 261 g/mol. The second kappa shape index (κ2) is 16.6. The summed E-state index contributed by atoms with van der Waals surface area (Å²) in [6, 6.07) is 0.544. The van der Waals surface area contributed by atoms with Crippen LogP contribution < -0.4 is 5.32 Å². The van der Waals surface area contributed by atoms with Gasteiger partial charge in [-0.25, -0.2) is 0 Å². The summed E-state index contributed by atoms with van der Waals surface area (Å²) in [4.78, 5) is 10.9. The molecule has 0 bridgehead atoms. The van der Waals surface area contributed by atoms with E-state index in [0.29, 0.717) is 32.3 Å². The molecule has 1 N–H and O–H groups in total. The van der Waals surface area contributed by atoms with Crippen molar-refractivity contribution >= 4 is 5.78 Å². The van der Waals surface area contributed by atoms with Gasteiger partial charge in [-0.1, -0.05) is 27.7 Å². The Morgan fingerprint density at radius 2 is 1.72 bits per heavy atom. The fourth-order valence-electron chi connectivity index (χ4n) is 1.03. The second-order valence-corrected chi connectivity index (χ2v) is 3.82. The SMILES string of the molecule is CC.CCC(=O)COCCOCCNC(C)CC. The van der Waals surface area contributed by atoms with Crippen LogP contribution in [0.15, 0.2) is 0 Å². The Labute approximate surface area is 112 Å². The molecule has 0 amide bonds. The van der Waals surface area contributed by atoms with Crippen molar-refractivity contribution in [3.8, 4) is 0 Å². The number of rotatable bonds is 11. The zero-order valence-corrected chi connectivity index (χ0v) is 12.8. The van der Waals surface area contributed by atoms with Gasteiger partial charge in [0.05, 0.1) is 19.8 Å². The molecule has 0 aromatic rings. The molecule has 0 aliphatic carbocycles. The van der Waals surface area contributed by atoms with Crippen molar-refractivity contribution in [2.45, 2.75) is 53.5 Å². The van der Waals surface area contributed by atoms with E-state index in [1.165, 1.54) is 0 Å². The Kier molecular flexibility index (Phi) is 18.3. The van der Waals surface area contributed by atoms with Crippen LogP contribution >= 0.6 is 0 Å². The summed E-state index contributed by atoms with van der Waals surface area (Å²) < 4.78 is 10.5. The Morgan fingerprint density at radius 1 is 1.11 bits per heavy atom. The van der Waals surface area contributed by atoms with Gasteiger partial charge in [0.2, 0.25) is 0 Å². The highest BCUT2D eigenvalue weighted by atomic mass is 16.5. The van der Waals surface area contributed by atoms with Crippen LogP contribution in [0.1, 0.15) is 47.5 Å². The molecule has 4 nitrogen and oxygen atoms in total. The number of ketones is 1. The predicted octanol–water partition coefficient (Wildman–Crippen LogP) is 2.41. The van der Waals surface area contributed by atoms with Gasteiger partial charge in [0.25, 0.3) is 0 Å². The lowest BCUT2D eigenvalue weighted by Gasteiger charge is -2.11. The Morgan fingerprint density at radius 3 is 2.28 bits per heavy atom. The van der Waals surface area contributed by atoms with Crippen molar-refractivity contribution in [1.82, 2.24) is 5.32 Å². The fourth-order valence-corrected chi connectivity index (χ4v) is 1.03. The van der Waals surface area contributed by atoms with E-state index in [0.717, 1.165) is 13.0 Å². The van der Waals surface area contributed by atoms with E-state index in [1.54, 1.807) is 0 Å². The van der Waals surface area contributed by atoms with E-state index in [4.69, 9.17) is 9.47 Å². The van der Waals surface area contributed by atoms with Crippen LogP contribution in [-0.4, -0.2) is 44.8 Å². The maximum atomic E-state index is 10.9. The number of Topliss-reactive ketones (excluding diaryl/α,β-unsaturated/α-hetero) is 1. The summed E-state index contributed by atoms with van der Waals surface area (Å²) in [7, 11) is 0. The van der Waals surface area contributed by atoms with Crippen LogP contribution in [0.25, 0.3) is 0 Å². The second-order valence-electron chi connectivity index (χ2n) is 3.82. The Hall–Kier alpha value is -0.450. The summed E-state index contributed by atoms with van der Waals surface area (Å²) >= 11 is 0. The van der Waals surface area contributed by atoms with E-state index in [2.05, 4.69) is 19.2 Å². The predicted molar refractivity (Wildman–Crippen MR) is 76.0 cm³/mol. The molecule has 1 unspecified atom stereocenters. The molecule has 0 aromatic heterocycles. The van der Waals surface area contributed by atoms with Crippen molar-refractivity contribution in [2.24, 2.45) is 0 Å². The highest BCUT2D eigenvalue weighted by molar-refractivity contribution is 5.79. The molecular weight excluding hydrogens is 230 g/mol. The molecular formula is C14H31NO3. The van der Waals surface area contributed by atoms with E-state index >= 15 is 0 Å². The minimum atomic E-state index is 0.137. The van der Waals surface area contributed by atoms with Gasteiger partial charge in [-0.2, -0.15) is 0 Å². The highest BCUT2D eigenvalue weighted by Gasteiger charge is 1.98. The number of nitrogens with one attached hydrogen (secondary N) is 1. The summed E-state index contributed by atoms with van der Waals surface area (Å²) in [5.74, 6) is 0.137. The van der Waals surface area contributed by atoms with Crippen LogP contribution in [0.2, 0.25) is 0 Å². The van der Waals surface area contributed by atoms with Crippen molar-refractivity contribution < 1.29 is 14.3 Å². The van der Waals surface area contributed by atoms with Gasteiger partial charge in [0, 0.05) is 19.0 Å². The summed E-state index contributed by atoms with van der Waals surface area (Å²) in [5.41, 5.74) is 0. The number of carbonyl (C=O) groups excluding carboxylic acids is 1. The zero-order chi connectivity index (χ0) is 14.2. The molecule has 1 atom stereocenters. The quantitative estimate of drug-likeness (QED) is 0.580. The molecule has 0 saturated carbocycles. The van der Waals surface area contributed by atoms with Gasteiger partial charge in [-0.3, -0.25) is 4.79 Å². The zero-order valence-electron chi connectivity index (χ0n) is 12.8. The van der Waals surface area contributed by atoms with Crippen molar-refractivity contribution in [1.29, 1.82) is 0 Å². The average Bonchev–Trinajstić information content (AvgIpc) is 2.43. The van der Waals surface area contributed by atoms with Gasteiger partial charge in [0.1, 0.15) is 6.61 Å². The van der Waals surface area contributed by atoms with Gasteiger partial charge in [0.15, 0.2) is 5.78 Å². The first kappa shape index (κ1) is 19.9. The first-order chi connectivity index (χ1) is 8.70. The van der Waals surface area contributed by atoms with E-state index in [9.17, 15) is 4.79 Å². The number of hydrogen-bond acceptors (Lipinski definition) is 4. The third kappa shape index (κ3) is 15.6. The molecule has 4 heteroatoms. The average molecular weight is 261 g/mol. The van der Waals surface area contributed by atoms with Crippen LogP contribution in [0.5, 0.6) is 0 Å².